The van der Waals surface area contributed by atoms with Gasteiger partial charge in [-0.05, 0) is 42.5 Å². The molecule has 1 aromatic rings. The summed E-state index contributed by atoms with van der Waals surface area (Å²) in [6.07, 6.45) is 3.41. The van der Waals surface area contributed by atoms with Crippen LogP contribution in [-0.4, -0.2) is 38.0 Å². The van der Waals surface area contributed by atoms with Crippen LogP contribution in [0.3, 0.4) is 0 Å². The zero-order valence-corrected chi connectivity index (χ0v) is 15.3. The average Bonchev–Trinajstić information content (AvgIpc) is 2.53. The summed E-state index contributed by atoms with van der Waals surface area (Å²) in [5.41, 5.74) is 0.550. The zero-order chi connectivity index (χ0) is 18.4. The van der Waals surface area contributed by atoms with Crippen LogP contribution < -0.4 is 15.5 Å². The Bertz CT molecular complexity index is 591. The van der Waals surface area contributed by atoms with E-state index in [1.165, 1.54) is 30.7 Å². The molecule has 2 rings (SSSR count). The maximum atomic E-state index is 12.9. The predicted octanol–water partition coefficient (Wildman–Crippen LogP) is 1.22. The third-order valence-electron chi connectivity index (χ3n) is 5.11. The summed E-state index contributed by atoms with van der Waals surface area (Å²) in [7, 11) is 1.82. The predicted molar refractivity (Wildman–Crippen MR) is 95.8 cm³/mol. The molecule has 1 unspecified atom stereocenters. The maximum Gasteiger partial charge on any atom is 0.279 e. The highest BCUT2D eigenvalue weighted by molar-refractivity contribution is 5.91. The van der Waals surface area contributed by atoms with E-state index in [1.54, 1.807) is 0 Å². The van der Waals surface area contributed by atoms with Gasteiger partial charge in [0.2, 0.25) is 0 Å². The van der Waals surface area contributed by atoms with Crippen LogP contribution in [-0.2, 0) is 9.59 Å². The molecule has 0 bridgehead atoms. The average molecular weight is 350 g/mol. The number of hydrogen-bond donors (Lipinski definition) is 3. The van der Waals surface area contributed by atoms with Crippen LogP contribution in [0.25, 0.3) is 0 Å². The highest BCUT2D eigenvalue weighted by Gasteiger charge is 2.28. The van der Waals surface area contributed by atoms with Gasteiger partial charge in [0, 0.05) is 11.7 Å². The zero-order valence-electron chi connectivity index (χ0n) is 15.3. The molecule has 5 nitrogen and oxygen atoms in total. The molecule has 1 fully saturated rings. The highest BCUT2D eigenvalue weighted by Crippen LogP contribution is 2.29. The minimum Gasteiger partial charge on any atom is -0.348 e. The summed E-state index contributed by atoms with van der Waals surface area (Å²) in [6.45, 7) is 4.87. The molecular weight excluding hydrogens is 321 g/mol. The Balaban J connectivity index is 1.75. The van der Waals surface area contributed by atoms with E-state index in [0.29, 0.717) is 17.5 Å². The highest BCUT2D eigenvalue weighted by atomic mass is 19.1. The molecule has 4 atom stereocenters. The first-order valence-corrected chi connectivity index (χ1v) is 9.01. The number of carbonyl (C=O) groups is 2. The number of halogens is 1. The van der Waals surface area contributed by atoms with Crippen LogP contribution in [0.15, 0.2) is 24.3 Å². The molecule has 0 spiro atoms. The fraction of sp³-hybridized carbons (Fsp3) is 0.579. The number of amides is 2. The number of anilines is 1. The normalized spacial score (nSPS) is 24.4. The molecule has 0 saturated heterocycles. The number of hydrogen-bond acceptors (Lipinski definition) is 2. The largest absolute Gasteiger partial charge is 0.348 e. The Morgan fingerprint density at radius 3 is 2.44 bits per heavy atom. The van der Waals surface area contributed by atoms with Gasteiger partial charge in [0.05, 0.1) is 7.05 Å². The van der Waals surface area contributed by atoms with E-state index in [2.05, 4.69) is 24.5 Å². The molecule has 3 N–H and O–H groups in total. The molecule has 0 aliphatic heterocycles. The van der Waals surface area contributed by atoms with Crippen molar-refractivity contribution in [1.82, 2.24) is 5.32 Å². The molecule has 138 valence electrons. The van der Waals surface area contributed by atoms with E-state index in [4.69, 9.17) is 0 Å². The Morgan fingerprint density at radius 2 is 1.76 bits per heavy atom. The standard InChI is InChI=1S/C19H28FN3O2/c1-13-5-4-6-17(14(13)2)22-19(25)12-23(3)11-18(24)21-16-9-7-15(20)8-10-16/h7-10,13-14,17H,4-6,11-12H2,1-3H3,(H,21,24)(H,22,25)/p+1/t13-,14+,17+/m0/s1. The van der Waals surface area contributed by atoms with E-state index in [0.717, 1.165) is 17.7 Å². The van der Waals surface area contributed by atoms with Crippen molar-refractivity contribution < 1.29 is 18.9 Å². The van der Waals surface area contributed by atoms with Crippen molar-refractivity contribution in [3.63, 3.8) is 0 Å². The van der Waals surface area contributed by atoms with E-state index < -0.39 is 0 Å². The number of likely N-dealkylation sites (N-methyl/N-ethyl adjacent to an activating group) is 1. The second-order valence-electron chi connectivity index (χ2n) is 7.31. The molecule has 0 radical (unpaired) electrons. The fourth-order valence-corrected chi connectivity index (χ4v) is 3.39. The molecule has 0 aromatic heterocycles. The molecular formula is C19H29FN3O2+. The first-order chi connectivity index (χ1) is 11.8. The van der Waals surface area contributed by atoms with Crippen LogP contribution in [0.1, 0.15) is 33.1 Å². The monoisotopic (exact) mass is 350 g/mol. The number of benzene rings is 1. The Labute approximate surface area is 149 Å². The van der Waals surface area contributed by atoms with E-state index >= 15 is 0 Å². The Morgan fingerprint density at radius 1 is 1.12 bits per heavy atom. The third-order valence-corrected chi connectivity index (χ3v) is 5.11. The maximum absolute atomic E-state index is 12.9. The summed E-state index contributed by atoms with van der Waals surface area (Å²) in [5.74, 6) is 0.559. The molecule has 2 amide bonds. The van der Waals surface area contributed by atoms with Crippen LogP contribution in [0.2, 0.25) is 0 Å². The number of nitrogens with one attached hydrogen (secondary N) is 3. The lowest BCUT2D eigenvalue weighted by Crippen LogP contribution is -3.11. The lowest BCUT2D eigenvalue weighted by molar-refractivity contribution is -0.862. The SMILES string of the molecule is C[C@@H]1[C@@H](C)CCC[C@H]1NC(=O)C[NH+](C)CC(=O)Nc1ccc(F)cc1. The Kier molecular flexibility index (Phi) is 6.93. The minimum atomic E-state index is -0.344. The minimum absolute atomic E-state index is 0.0157. The number of quaternary nitrogens is 1. The summed E-state index contributed by atoms with van der Waals surface area (Å²) in [4.78, 5) is 25.1. The van der Waals surface area contributed by atoms with Crippen molar-refractivity contribution in [3.05, 3.63) is 30.1 Å². The van der Waals surface area contributed by atoms with E-state index in [1.807, 2.05) is 7.05 Å². The first kappa shape index (κ1) is 19.4. The van der Waals surface area contributed by atoms with Crippen molar-refractivity contribution in [2.75, 3.05) is 25.5 Å². The number of carbonyl (C=O) groups excluding carboxylic acids is 2. The lowest BCUT2D eigenvalue weighted by atomic mass is 9.78. The van der Waals surface area contributed by atoms with E-state index in [9.17, 15) is 14.0 Å². The summed E-state index contributed by atoms with van der Waals surface area (Å²) in [5, 5.41) is 5.84. The van der Waals surface area contributed by atoms with Gasteiger partial charge in [-0.2, -0.15) is 0 Å². The number of rotatable bonds is 6. The van der Waals surface area contributed by atoms with Gasteiger partial charge >= 0.3 is 0 Å². The van der Waals surface area contributed by atoms with Crippen LogP contribution in [0.4, 0.5) is 10.1 Å². The molecule has 6 heteroatoms. The van der Waals surface area contributed by atoms with Crippen LogP contribution in [0, 0.1) is 17.7 Å². The van der Waals surface area contributed by atoms with Crippen LogP contribution in [0.5, 0.6) is 0 Å². The van der Waals surface area contributed by atoms with Crippen molar-refractivity contribution in [2.45, 2.75) is 39.2 Å². The van der Waals surface area contributed by atoms with Gasteiger partial charge in [0.25, 0.3) is 11.8 Å². The van der Waals surface area contributed by atoms with Gasteiger partial charge in [-0.1, -0.05) is 26.7 Å². The molecule has 0 heterocycles. The molecule has 1 aliphatic carbocycles. The van der Waals surface area contributed by atoms with Crippen molar-refractivity contribution in [3.8, 4) is 0 Å². The van der Waals surface area contributed by atoms with Crippen molar-refractivity contribution in [2.24, 2.45) is 11.8 Å². The van der Waals surface area contributed by atoms with Gasteiger partial charge in [-0.3, -0.25) is 9.59 Å². The molecule has 25 heavy (non-hydrogen) atoms. The Hall–Kier alpha value is -1.95. The smallest absolute Gasteiger partial charge is 0.279 e. The van der Waals surface area contributed by atoms with Gasteiger partial charge < -0.3 is 15.5 Å². The van der Waals surface area contributed by atoms with Gasteiger partial charge in [-0.25, -0.2) is 4.39 Å². The summed E-state index contributed by atoms with van der Waals surface area (Å²) in [6, 6.07) is 5.86. The van der Waals surface area contributed by atoms with E-state index in [-0.39, 0.29) is 36.8 Å². The fourth-order valence-electron chi connectivity index (χ4n) is 3.39. The van der Waals surface area contributed by atoms with Gasteiger partial charge in [-0.15, -0.1) is 0 Å². The topological polar surface area (TPSA) is 62.6 Å². The summed E-state index contributed by atoms with van der Waals surface area (Å²) < 4.78 is 12.9. The second-order valence-corrected chi connectivity index (χ2v) is 7.31. The molecule has 1 aliphatic rings. The van der Waals surface area contributed by atoms with Crippen molar-refractivity contribution >= 4 is 17.5 Å². The van der Waals surface area contributed by atoms with Gasteiger partial charge in [0.1, 0.15) is 5.82 Å². The lowest BCUT2D eigenvalue weighted by Gasteiger charge is -2.34. The van der Waals surface area contributed by atoms with Crippen LogP contribution >= 0.6 is 0 Å². The third kappa shape index (κ3) is 6.12. The quantitative estimate of drug-likeness (QED) is 0.722. The first-order valence-electron chi connectivity index (χ1n) is 9.01. The van der Waals surface area contributed by atoms with Gasteiger partial charge in [0.15, 0.2) is 13.1 Å². The molecule has 1 saturated carbocycles. The second kappa shape index (κ2) is 8.94. The summed E-state index contributed by atoms with van der Waals surface area (Å²) >= 11 is 0. The van der Waals surface area contributed by atoms with Crippen molar-refractivity contribution in [1.29, 1.82) is 0 Å². The molecule has 1 aromatic carbocycles.